The smallest absolute Gasteiger partial charge is 0.266 e. The number of aryl methyl sites for hydroxylation is 4. The lowest BCUT2D eigenvalue weighted by molar-refractivity contribution is 0.611. The summed E-state index contributed by atoms with van der Waals surface area (Å²) in [5.41, 5.74) is 4.91. The summed E-state index contributed by atoms with van der Waals surface area (Å²) in [6.07, 6.45) is 10.5. The molecule has 3 saturated carbocycles. The number of hydrogen-bond acceptors (Lipinski definition) is 3. The summed E-state index contributed by atoms with van der Waals surface area (Å²) in [7, 11) is 0. The number of hydrogen-bond donors (Lipinski definition) is 1. The van der Waals surface area contributed by atoms with Crippen LogP contribution in [0.1, 0.15) is 100 Å². The number of rotatable bonds is 6. The van der Waals surface area contributed by atoms with Crippen molar-refractivity contribution in [3.8, 4) is 0 Å². The second kappa shape index (κ2) is 15.0. The predicted molar refractivity (Wildman–Crippen MR) is 169 cm³/mol. The van der Waals surface area contributed by atoms with E-state index in [1.165, 1.54) is 42.8 Å². The molecule has 206 valence electrons. The lowest BCUT2D eigenvalue weighted by atomic mass is 10.3. The van der Waals surface area contributed by atoms with E-state index in [0.29, 0.717) is 12.1 Å². The van der Waals surface area contributed by atoms with Gasteiger partial charge in [0.2, 0.25) is 0 Å². The number of nitrogens with zero attached hydrogens (tertiary/aromatic N) is 5. The quantitative estimate of drug-likeness (QED) is 0.254. The zero-order chi connectivity index (χ0) is 27.1. The highest BCUT2D eigenvalue weighted by molar-refractivity contribution is 9.93. The summed E-state index contributed by atoms with van der Waals surface area (Å²) in [6.45, 7) is 8.47. The molecule has 0 spiro atoms. The van der Waals surface area contributed by atoms with Crippen molar-refractivity contribution >= 4 is 66.4 Å². The molecule has 0 radical (unpaired) electrons. The Morgan fingerprint density at radius 2 is 1.32 bits per heavy atom. The topological polar surface area (TPSA) is 73.4 Å². The molecule has 0 unspecified atom stereocenters. The molecule has 3 aliphatic carbocycles. The first-order valence-electron chi connectivity index (χ1n) is 13.0. The van der Waals surface area contributed by atoms with Gasteiger partial charge < -0.3 is 0 Å². The molecule has 0 saturated heterocycles. The Labute approximate surface area is 253 Å². The van der Waals surface area contributed by atoms with E-state index in [0.717, 1.165) is 48.4 Å². The number of halogens is 4. The van der Waals surface area contributed by atoms with Gasteiger partial charge in [0.1, 0.15) is 8.63 Å². The average Bonchev–Trinajstić information content (AvgIpc) is 3.77. The van der Waals surface area contributed by atoms with Gasteiger partial charge >= 0.3 is 0 Å². The minimum Gasteiger partial charge on any atom is -0.299 e. The lowest BCUT2D eigenvalue weighted by Gasteiger charge is -1.98. The van der Waals surface area contributed by atoms with E-state index < -0.39 is 0 Å². The maximum Gasteiger partial charge on any atom is 0.266 e. The summed E-state index contributed by atoms with van der Waals surface area (Å²) in [5.74, 6) is 0. The van der Waals surface area contributed by atoms with Crippen LogP contribution in [-0.2, 0) is 19.3 Å². The molecule has 1 N–H and O–H groups in total. The van der Waals surface area contributed by atoms with Crippen molar-refractivity contribution < 1.29 is 0 Å². The summed E-state index contributed by atoms with van der Waals surface area (Å²) in [6, 6.07) is 7.89. The molecule has 3 heterocycles. The Kier molecular flexibility index (Phi) is 12.7. The molecule has 12 heteroatoms. The predicted octanol–water partition coefficient (Wildman–Crippen LogP) is 9.10. The van der Waals surface area contributed by atoms with Crippen molar-refractivity contribution in [1.29, 1.82) is 0 Å². The van der Waals surface area contributed by atoms with Crippen molar-refractivity contribution in [2.24, 2.45) is 0 Å². The molecule has 0 bridgehead atoms. The molecule has 3 aliphatic rings. The summed E-state index contributed by atoms with van der Waals surface area (Å²) >= 11 is 13.0. The summed E-state index contributed by atoms with van der Waals surface area (Å²) in [4.78, 5) is 11.2. The van der Waals surface area contributed by atoms with Gasteiger partial charge in [-0.15, -0.1) is 0 Å². The van der Waals surface area contributed by atoms with Crippen LogP contribution >= 0.6 is 66.4 Å². The van der Waals surface area contributed by atoms with Crippen LogP contribution in [0.2, 0.25) is 0 Å². The van der Waals surface area contributed by atoms with E-state index in [1.807, 2.05) is 6.92 Å². The molecule has 37 heavy (non-hydrogen) atoms. The van der Waals surface area contributed by atoms with Crippen LogP contribution in [0.15, 0.2) is 27.6 Å². The molecule has 0 aliphatic heterocycles. The van der Waals surface area contributed by atoms with Crippen molar-refractivity contribution in [3.05, 3.63) is 55.9 Å². The second-order valence-electron chi connectivity index (χ2n) is 9.56. The molecule has 3 fully saturated rings. The SMILES string of the molecule is BrP(Br)Br.CCc1cc(=O)n(C2CC2)[nH]1.CCc1cc(Br)n(C2CC2)n1.CCc1cc(C)n(C2CC2)n1. The van der Waals surface area contributed by atoms with Gasteiger partial charge in [-0.05, 0) is 139 Å². The van der Waals surface area contributed by atoms with E-state index in [9.17, 15) is 4.79 Å². The molecule has 0 amide bonds. The first kappa shape index (κ1) is 31.3. The minimum absolute atomic E-state index is 0.129. The Bertz CT molecular complexity index is 1120. The van der Waals surface area contributed by atoms with Crippen LogP contribution in [0.4, 0.5) is 0 Å². The van der Waals surface area contributed by atoms with Gasteiger partial charge in [0.15, 0.2) is 0 Å². The summed E-state index contributed by atoms with van der Waals surface area (Å²) in [5, 5.41) is 12.1. The van der Waals surface area contributed by atoms with Gasteiger partial charge in [0.25, 0.3) is 5.56 Å². The third-order valence-electron chi connectivity index (χ3n) is 6.32. The number of aromatic amines is 1. The Morgan fingerprint density at radius 3 is 1.73 bits per heavy atom. The van der Waals surface area contributed by atoms with Crippen LogP contribution < -0.4 is 5.56 Å². The van der Waals surface area contributed by atoms with Gasteiger partial charge in [-0.25, -0.2) is 4.68 Å². The first-order valence-corrected chi connectivity index (χ1v) is 21.2. The van der Waals surface area contributed by atoms with Crippen molar-refractivity contribution in [1.82, 2.24) is 29.3 Å². The van der Waals surface area contributed by atoms with Crippen molar-refractivity contribution in [2.45, 2.75) is 104 Å². The largest absolute Gasteiger partial charge is 0.299 e. The van der Waals surface area contributed by atoms with Crippen molar-refractivity contribution in [3.63, 3.8) is 0 Å². The highest BCUT2D eigenvalue weighted by Crippen LogP contribution is 2.59. The molecule has 0 aromatic carbocycles. The Morgan fingerprint density at radius 1 is 0.838 bits per heavy atom. The molecular weight excluding hydrogens is 751 g/mol. The van der Waals surface area contributed by atoms with Crippen LogP contribution in [0.3, 0.4) is 0 Å². The average molecular weight is 788 g/mol. The van der Waals surface area contributed by atoms with Gasteiger partial charge in [0.05, 0.1) is 29.5 Å². The maximum atomic E-state index is 11.2. The van der Waals surface area contributed by atoms with Crippen LogP contribution in [0, 0.1) is 6.92 Å². The Hall–Kier alpha value is -0.220. The monoisotopic (exact) mass is 784 g/mol. The molecule has 6 rings (SSSR count). The second-order valence-corrected chi connectivity index (χ2v) is 25.7. The standard InChI is InChI=1S/C9H14N2.C8H11BrN2.C8H12N2O.Br3P/c1-3-8-6-7(2)11(10-8)9-4-5-9;1-2-6-5-8(9)11(10-6)7-3-4-7;1-2-6-5-8(11)10(9-6)7-3-4-7;1-4(2)3/h6,9H,3-5H2,1-2H3;5,7H,2-4H2,1H3;5,7,9H,2-4H2,1H3;. The summed E-state index contributed by atoms with van der Waals surface area (Å²) < 4.78 is 6.98. The van der Waals surface area contributed by atoms with Gasteiger partial charge in [-0.3, -0.25) is 19.3 Å². The Balaban J connectivity index is 0.000000144. The van der Waals surface area contributed by atoms with E-state index in [4.69, 9.17) is 0 Å². The first-order chi connectivity index (χ1) is 17.7. The maximum absolute atomic E-state index is 11.2. The van der Waals surface area contributed by atoms with E-state index in [2.05, 4.69) is 120 Å². The van der Waals surface area contributed by atoms with E-state index in [-0.39, 0.29) is 9.59 Å². The number of nitrogens with one attached hydrogen (secondary N) is 1. The van der Waals surface area contributed by atoms with Crippen LogP contribution in [0.5, 0.6) is 0 Å². The third kappa shape index (κ3) is 10.4. The molecular formula is C25H37Br4N6OP. The zero-order valence-corrected chi connectivity index (χ0v) is 29.2. The minimum atomic E-state index is -0.183. The number of H-pyrrole nitrogens is 1. The molecule has 0 atom stereocenters. The van der Waals surface area contributed by atoms with Gasteiger partial charge in [-0.1, -0.05) is 20.8 Å². The molecule has 3 aromatic heterocycles. The molecule has 7 nitrogen and oxygen atoms in total. The third-order valence-corrected chi connectivity index (χ3v) is 6.91. The molecule has 3 aromatic rings. The lowest BCUT2D eigenvalue weighted by Crippen LogP contribution is -2.13. The van der Waals surface area contributed by atoms with Crippen LogP contribution in [-0.4, -0.2) is 29.3 Å². The zero-order valence-electron chi connectivity index (χ0n) is 21.9. The normalized spacial score (nSPS) is 16.4. The highest BCUT2D eigenvalue weighted by atomic mass is 80.0. The van der Waals surface area contributed by atoms with E-state index >= 15 is 0 Å². The van der Waals surface area contributed by atoms with E-state index in [1.54, 1.807) is 10.7 Å². The van der Waals surface area contributed by atoms with Gasteiger partial charge in [-0.2, -0.15) is 10.2 Å². The van der Waals surface area contributed by atoms with Gasteiger partial charge in [0, 0.05) is 17.5 Å². The fraction of sp³-hybridized carbons (Fsp3) is 0.640. The van der Waals surface area contributed by atoms with Crippen LogP contribution in [0.25, 0.3) is 0 Å². The fourth-order valence-corrected chi connectivity index (χ4v) is 4.46. The highest BCUT2D eigenvalue weighted by Gasteiger charge is 2.27. The van der Waals surface area contributed by atoms with Crippen molar-refractivity contribution in [2.75, 3.05) is 0 Å². The fourth-order valence-electron chi connectivity index (χ4n) is 3.83. The number of aromatic nitrogens is 6.